The summed E-state index contributed by atoms with van der Waals surface area (Å²) in [4.78, 5) is 0. The average Bonchev–Trinajstić information content (AvgIpc) is 2.65. The summed E-state index contributed by atoms with van der Waals surface area (Å²) in [5.74, 6) is 0. The van der Waals surface area contributed by atoms with Gasteiger partial charge in [-0.3, -0.25) is 0 Å². The summed E-state index contributed by atoms with van der Waals surface area (Å²) >= 11 is -2.37. The van der Waals surface area contributed by atoms with Crippen LogP contribution in [0.3, 0.4) is 0 Å². The molecule has 0 N–H and O–H groups in total. The number of aryl methyl sites for hydroxylation is 2. The molecule has 0 amide bonds. The Hall–Kier alpha value is -1.98. The van der Waals surface area contributed by atoms with Crippen LogP contribution < -0.4 is 9.81 Å². The summed E-state index contributed by atoms with van der Waals surface area (Å²) in [6.07, 6.45) is 0. The summed E-state index contributed by atoms with van der Waals surface area (Å²) in [5, 5.41) is 2.77. The molecular weight excluding hydrogens is 497 g/mol. The topological polar surface area (TPSA) is 0 Å². The van der Waals surface area contributed by atoms with Gasteiger partial charge in [-0.05, 0) is 0 Å². The van der Waals surface area contributed by atoms with Crippen molar-refractivity contribution in [1.82, 2.24) is 0 Å². The Bertz CT molecular complexity index is 982. The van der Waals surface area contributed by atoms with Crippen LogP contribution >= 0.6 is 0 Å². The average molecular weight is 518 g/mol. The monoisotopic (exact) mass is 518 g/mol. The SMILES string of the molecule is Cc1cccc[c]1[Bi]([c]1ccccc1C)[c]1cccc2ccccc12. The third-order valence-electron chi connectivity index (χ3n) is 4.72. The van der Waals surface area contributed by atoms with Gasteiger partial charge in [-0.25, -0.2) is 0 Å². The van der Waals surface area contributed by atoms with Crippen LogP contribution in [0.4, 0.5) is 0 Å². The van der Waals surface area contributed by atoms with Gasteiger partial charge < -0.3 is 0 Å². The van der Waals surface area contributed by atoms with Gasteiger partial charge in [-0.15, -0.1) is 0 Å². The van der Waals surface area contributed by atoms with Crippen LogP contribution in [-0.4, -0.2) is 21.8 Å². The van der Waals surface area contributed by atoms with Gasteiger partial charge in [-0.2, -0.15) is 0 Å². The number of fused-ring (bicyclic) bond motifs is 1. The fourth-order valence-corrected chi connectivity index (χ4v) is 14.2. The van der Waals surface area contributed by atoms with Crippen molar-refractivity contribution >= 4 is 42.3 Å². The van der Waals surface area contributed by atoms with E-state index < -0.39 is 21.8 Å². The minimum absolute atomic E-state index is 1.35. The summed E-state index contributed by atoms with van der Waals surface area (Å²) < 4.78 is 4.75. The van der Waals surface area contributed by atoms with Crippen molar-refractivity contribution in [2.45, 2.75) is 13.8 Å². The first-order chi connectivity index (χ1) is 12.3. The summed E-state index contributed by atoms with van der Waals surface area (Å²) in [6.45, 7) is 4.53. The quantitative estimate of drug-likeness (QED) is 0.360. The van der Waals surface area contributed by atoms with E-state index in [0.29, 0.717) is 0 Å². The van der Waals surface area contributed by atoms with Crippen LogP contribution in [0.25, 0.3) is 10.8 Å². The van der Waals surface area contributed by atoms with E-state index in [0.717, 1.165) is 0 Å². The molecule has 0 spiro atoms. The Labute approximate surface area is 157 Å². The van der Waals surface area contributed by atoms with Crippen LogP contribution in [0.15, 0.2) is 91.0 Å². The van der Waals surface area contributed by atoms with Crippen molar-refractivity contribution in [3.8, 4) is 0 Å². The molecule has 0 heterocycles. The van der Waals surface area contributed by atoms with E-state index in [4.69, 9.17) is 0 Å². The molecule has 0 saturated heterocycles. The van der Waals surface area contributed by atoms with Gasteiger partial charge in [0.15, 0.2) is 0 Å². The molecular formula is C24H21Bi. The van der Waals surface area contributed by atoms with E-state index in [1.807, 2.05) is 0 Å². The van der Waals surface area contributed by atoms with Gasteiger partial charge in [-0.1, -0.05) is 0 Å². The van der Waals surface area contributed by atoms with Gasteiger partial charge in [0.25, 0.3) is 0 Å². The molecule has 4 rings (SSSR count). The summed E-state index contributed by atoms with van der Waals surface area (Å²) in [6, 6.07) is 33.6. The molecule has 0 saturated carbocycles. The van der Waals surface area contributed by atoms with Crippen molar-refractivity contribution in [1.29, 1.82) is 0 Å². The Morgan fingerprint density at radius 2 is 0.960 bits per heavy atom. The third-order valence-corrected chi connectivity index (χ3v) is 15.8. The molecule has 0 nitrogen and oxygen atoms in total. The van der Waals surface area contributed by atoms with Gasteiger partial charge in [0.1, 0.15) is 0 Å². The third kappa shape index (κ3) is 3.14. The summed E-state index contributed by atoms with van der Waals surface area (Å²) in [5.41, 5.74) is 2.85. The molecule has 0 aliphatic heterocycles. The Morgan fingerprint density at radius 1 is 0.480 bits per heavy atom. The first-order valence-electron chi connectivity index (χ1n) is 8.65. The normalized spacial score (nSPS) is 11.2. The number of benzene rings is 4. The zero-order chi connectivity index (χ0) is 17.2. The number of hydrogen-bond acceptors (Lipinski definition) is 0. The molecule has 1 heteroatoms. The van der Waals surface area contributed by atoms with Gasteiger partial charge in [0.2, 0.25) is 0 Å². The van der Waals surface area contributed by atoms with E-state index in [9.17, 15) is 0 Å². The molecule has 0 atom stereocenters. The molecule has 25 heavy (non-hydrogen) atoms. The predicted molar refractivity (Wildman–Crippen MR) is 111 cm³/mol. The Balaban J connectivity index is 2.05. The van der Waals surface area contributed by atoms with Gasteiger partial charge in [0.05, 0.1) is 0 Å². The molecule has 0 aliphatic rings. The molecule has 122 valence electrons. The van der Waals surface area contributed by atoms with Crippen LogP contribution in [0.2, 0.25) is 0 Å². The fourth-order valence-electron chi connectivity index (χ4n) is 3.42. The Kier molecular flexibility index (Phi) is 4.68. The molecule has 0 bridgehead atoms. The number of hydrogen-bond donors (Lipinski definition) is 0. The maximum absolute atomic E-state index is 2.37. The van der Waals surface area contributed by atoms with Crippen LogP contribution in [-0.2, 0) is 0 Å². The summed E-state index contributed by atoms with van der Waals surface area (Å²) in [7, 11) is 0. The molecule has 0 aliphatic carbocycles. The second-order valence-electron chi connectivity index (χ2n) is 6.41. The zero-order valence-corrected chi connectivity index (χ0v) is 18.1. The van der Waals surface area contributed by atoms with Crippen LogP contribution in [0.5, 0.6) is 0 Å². The van der Waals surface area contributed by atoms with Crippen molar-refractivity contribution in [2.75, 3.05) is 0 Å². The van der Waals surface area contributed by atoms with Crippen molar-refractivity contribution in [3.63, 3.8) is 0 Å². The van der Waals surface area contributed by atoms with Crippen LogP contribution in [0, 0.1) is 13.8 Å². The second-order valence-corrected chi connectivity index (χ2v) is 14.6. The first kappa shape index (κ1) is 16.5. The molecule has 0 unspecified atom stereocenters. The second kappa shape index (κ2) is 7.10. The molecule has 0 aromatic heterocycles. The van der Waals surface area contributed by atoms with E-state index in [1.165, 1.54) is 21.9 Å². The minimum atomic E-state index is -2.37. The molecule has 4 aromatic carbocycles. The fraction of sp³-hybridized carbons (Fsp3) is 0.0833. The van der Waals surface area contributed by atoms with E-state index in [-0.39, 0.29) is 0 Å². The van der Waals surface area contributed by atoms with Gasteiger partial charge in [0, 0.05) is 0 Å². The predicted octanol–water partition coefficient (Wildman–Crippen LogP) is 3.97. The van der Waals surface area contributed by atoms with Crippen LogP contribution in [0.1, 0.15) is 11.1 Å². The van der Waals surface area contributed by atoms with E-state index >= 15 is 0 Å². The van der Waals surface area contributed by atoms with Gasteiger partial charge >= 0.3 is 158 Å². The number of rotatable bonds is 3. The zero-order valence-electron chi connectivity index (χ0n) is 14.6. The van der Waals surface area contributed by atoms with E-state index in [2.05, 4.69) is 105 Å². The first-order valence-corrected chi connectivity index (χ1v) is 13.9. The Morgan fingerprint density at radius 3 is 1.60 bits per heavy atom. The van der Waals surface area contributed by atoms with Crippen molar-refractivity contribution in [2.24, 2.45) is 0 Å². The molecule has 4 aromatic rings. The standard InChI is InChI=1S/C10H7.2C7H7.Bi/c1-2-6-10-8-4-3-7-9(10)5-1;2*1-7-5-3-2-4-6-7;/h1-7H;2*2-5H,1H3;. The van der Waals surface area contributed by atoms with Crippen molar-refractivity contribution in [3.05, 3.63) is 102 Å². The molecule has 0 radical (unpaired) electrons. The molecule has 0 fully saturated rings. The maximum atomic E-state index is 2.37. The van der Waals surface area contributed by atoms with Crippen molar-refractivity contribution < 1.29 is 0 Å². The van der Waals surface area contributed by atoms with E-state index in [1.54, 1.807) is 9.81 Å².